The molecular formula is C15H17F2N3O3. The normalized spacial score (nSPS) is 13.7. The minimum Gasteiger partial charge on any atom is -0.481 e. The summed E-state index contributed by atoms with van der Waals surface area (Å²) >= 11 is 0. The van der Waals surface area contributed by atoms with E-state index in [1.807, 2.05) is 0 Å². The maximum atomic E-state index is 14.1. The first-order chi connectivity index (χ1) is 10.9. The molecule has 0 saturated carbocycles. The fraction of sp³-hybridized carbons (Fsp3) is 0.400. The predicted octanol–water partition coefficient (Wildman–Crippen LogP) is 2.09. The van der Waals surface area contributed by atoms with Gasteiger partial charge in [-0.15, -0.1) is 0 Å². The van der Waals surface area contributed by atoms with Crippen LogP contribution in [0.4, 0.5) is 8.78 Å². The zero-order valence-corrected chi connectivity index (χ0v) is 12.3. The topological polar surface area (TPSA) is 88.2 Å². The Morgan fingerprint density at radius 2 is 2.09 bits per heavy atom. The molecule has 1 unspecified atom stereocenters. The average molecular weight is 325 g/mol. The SMILES string of the molecule is O=C(O)CCCCC(O)(Cn1cncn1)c1ccc(F)cc1F. The summed E-state index contributed by atoms with van der Waals surface area (Å²) in [5.74, 6) is -2.52. The quantitative estimate of drug-likeness (QED) is 0.726. The number of nitrogens with zero attached hydrogens (tertiary/aromatic N) is 3. The maximum Gasteiger partial charge on any atom is 0.303 e. The molecule has 0 fully saturated rings. The highest BCUT2D eigenvalue weighted by atomic mass is 19.1. The van der Waals surface area contributed by atoms with Crippen molar-refractivity contribution in [2.45, 2.75) is 37.8 Å². The van der Waals surface area contributed by atoms with Gasteiger partial charge in [-0.1, -0.05) is 6.07 Å². The summed E-state index contributed by atoms with van der Waals surface area (Å²) in [6, 6.07) is 2.97. The molecule has 2 aromatic rings. The summed E-state index contributed by atoms with van der Waals surface area (Å²) in [6.45, 7) is -0.0668. The Morgan fingerprint density at radius 1 is 1.30 bits per heavy atom. The first kappa shape index (κ1) is 17.0. The van der Waals surface area contributed by atoms with Crippen molar-refractivity contribution < 1.29 is 23.8 Å². The third-order valence-corrected chi connectivity index (χ3v) is 3.55. The minimum atomic E-state index is -1.63. The van der Waals surface area contributed by atoms with Crippen LogP contribution in [0.15, 0.2) is 30.9 Å². The third-order valence-electron chi connectivity index (χ3n) is 3.55. The molecular weight excluding hydrogens is 308 g/mol. The van der Waals surface area contributed by atoms with E-state index in [4.69, 9.17) is 5.11 Å². The lowest BCUT2D eigenvalue weighted by Crippen LogP contribution is -2.33. The Hall–Kier alpha value is -2.35. The molecule has 0 aliphatic heterocycles. The number of halogens is 2. The number of aliphatic hydroxyl groups is 1. The van der Waals surface area contributed by atoms with Crippen LogP contribution in [0.5, 0.6) is 0 Å². The summed E-state index contributed by atoms with van der Waals surface area (Å²) in [5, 5.41) is 23.4. The molecule has 1 aromatic heterocycles. The van der Waals surface area contributed by atoms with Gasteiger partial charge in [0.25, 0.3) is 0 Å². The first-order valence-corrected chi connectivity index (χ1v) is 7.13. The van der Waals surface area contributed by atoms with Crippen molar-refractivity contribution in [2.24, 2.45) is 0 Å². The van der Waals surface area contributed by atoms with Crippen LogP contribution < -0.4 is 0 Å². The van der Waals surface area contributed by atoms with E-state index in [2.05, 4.69) is 10.1 Å². The Bertz CT molecular complexity index is 664. The summed E-state index contributed by atoms with van der Waals surface area (Å²) in [7, 11) is 0. The number of hydrogen-bond donors (Lipinski definition) is 2. The molecule has 0 bridgehead atoms. The molecule has 23 heavy (non-hydrogen) atoms. The number of unbranched alkanes of at least 4 members (excludes halogenated alkanes) is 1. The molecule has 1 heterocycles. The van der Waals surface area contributed by atoms with Crippen molar-refractivity contribution in [2.75, 3.05) is 0 Å². The van der Waals surface area contributed by atoms with E-state index >= 15 is 0 Å². The van der Waals surface area contributed by atoms with Crippen LogP contribution in [-0.2, 0) is 16.9 Å². The number of carboxylic acids is 1. The number of aromatic nitrogens is 3. The molecule has 0 aliphatic carbocycles. The molecule has 0 radical (unpaired) electrons. The van der Waals surface area contributed by atoms with E-state index in [1.54, 1.807) is 0 Å². The van der Waals surface area contributed by atoms with Crippen molar-refractivity contribution >= 4 is 5.97 Å². The van der Waals surface area contributed by atoms with Gasteiger partial charge >= 0.3 is 5.97 Å². The molecule has 0 spiro atoms. The van der Waals surface area contributed by atoms with Gasteiger partial charge in [0.15, 0.2) is 0 Å². The maximum absolute atomic E-state index is 14.1. The molecule has 124 valence electrons. The van der Waals surface area contributed by atoms with E-state index in [9.17, 15) is 18.7 Å². The van der Waals surface area contributed by atoms with E-state index in [-0.39, 0.29) is 24.9 Å². The van der Waals surface area contributed by atoms with E-state index in [0.717, 1.165) is 6.07 Å². The van der Waals surface area contributed by atoms with Gasteiger partial charge in [0, 0.05) is 18.1 Å². The van der Waals surface area contributed by atoms with E-state index < -0.39 is 23.2 Å². The molecule has 2 N–H and O–H groups in total. The summed E-state index contributed by atoms with van der Waals surface area (Å²) in [5.41, 5.74) is -1.69. The van der Waals surface area contributed by atoms with Gasteiger partial charge in [-0.05, 0) is 25.3 Å². The zero-order chi connectivity index (χ0) is 16.9. The van der Waals surface area contributed by atoms with Gasteiger partial charge in [0.05, 0.1) is 6.54 Å². The highest BCUT2D eigenvalue weighted by Crippen LogP contribution is 2.31. The smallest absolute Gasteiger partial charge is 0.303 e. The van der Waals surface area contributed by atoms with Crippen LogP contribution in [0, 0.1) is 11.6 Å². The monoisotopic (exact) mass is 325 g/mol. The Balaban J connectivity index is 2.21. The molecule has 0 aliphatic rings. The van der Waals surface area contributed by atoms with E-state index in [0.29, 0.717) is 18.9 Å². The largest absolute Gasteiger partial charge is 0.481 e. The average Bonchev–Trinajstić information content (AvgIpc) is 2.96. The zero-order valence-electron chi connectivity index (χ0n) is 12.3. The molecule has 1 atom stereocenters. The Morgan fingerprint density at radius 3 is 2.70 bits per heavy atom. The molecule has 0 saturated heterocycles. The van der Waals surface area contributed by atoms with Crippen molar-refractivity contribution in [1.29, 1.82) is 0 Å². The van der Waals surface area contributed by atoms with Gasteiger partial charge < -0.3 is 10.2 Å². The van der Waals surface area contributed by atoms with Crippen LogP contribution in [0.2, 0.25) is 0 Å². The van der Waals surface area contributed by atoms with Crippen molar-refractivity contribution in [3.05, 3.63) is 48.1 Å². The number of hydrogen-bond acceptors (Lipinski definition) is 4. The highest BCUT2D eigenvalue weighted by Gasteiger charge is 2.33. The number of rotatable bonds is 8. The van der Waals surface area contributed by atoms with Gasteiger partial charge in [-0.25, -0.2) is 18.4 Å². The second-order valence-corrected chi connectivity index (χ2v) is 5.35. The summed E-state index contributed by atoms with van der Waals surface area (Å²) in [4.78, 5) is 14.3. The highest BCUT2D eigenvalue weighted by molar-refractivity contribution is 5.66. The lowest BCUT2D eigenvalue weighted by atomic mass is 9.87. The van der Waals surface area contributed by atoms with Crippen molar-refractivity contribution in [3.8, 4) is 0 Å². The standard InChI is InChI=1S/C15H17F2N3O3/c16-11-4-5-12(13(17)7-11)15(23,6-2-1-3-14(21)22)8-20-10-18-9-19-20/h4-5,7,9-10,23H,1-3,6,8H2,(H,21,22). The number of carbonyl (C=O) groups is 1. The summed E-state index contributed by atoms with van der Waals surface area (Å²) in [6.07, 6.45) is 3.45. The second kappa shape index (κ2) is 7.28. The predicted molar refractivity (Wildman–Crippen MR) is 76.4 cm³/mol. The lowest BCUT2D eigenvalue weighted by molar-refractivity contribution is -0.137. The minimum absolute atomic E-state index is 0.0364. The molecule has 0 amide bonds. The molecule has 2 rings (SSSR count). The fourth-order valence-corrected chi connectivity index (χ4v) is 2.44. The van der Waals surface area contributed by atoms with E-state index in [1.165, 1.54) is 23.4 Å². The second-order valence-electron chi connectivity index (χ2n) is 5.35. The van der Waals surface area contributed by atoms with Gasteiger partial charge in [-0.2, -0.15) is 5.10 Å². The Kier molecular flexibility index (Phi) is 5.38. The van der Waals surface area contributed by atoms with Crippen molar-refractivity contribution in [1.82, 2.24) is 14.8 Å². The Labute approximate surface area is 131 Å². The fourth-order valence-electron chi connectivity index (χ4n) is 2.44. The molecule has 6 nitrogen and oxygen atoms in total. The molecule has 8 heteroatoms. The number of aliphatic carboxylic acids is 1. The molecule has 1 aromatic carbocycles. The van der Waals surface area contributed by atoms with Crippen LogP contribution in [-0.4, -0.2) is 30.9 Å². The van der Waals surface area contributed by atoms with Crippen LogP contribution in [0.3, 0.4) is 0 Å². The third kappa shape index (κ3) is 4.56. The van der Waals surface area contributed by atoms with Gasteiger partial charge in [0.1, 0.15) is 29.9 Å². The lowest BCUT2D eigenvalue weighted by Gasteiger charge is -2.29. The first-order valence-electron chi connectivity index (χ1n) is 7.13. The van der Waals surface area contributed by atoms with Crippen LogP contribution in [0.1, 0.15) is 31.2 Å². The van der Waals surface area contributed by atoms with Gasteiger partial charge in [-0.3, -0.25) is 4.79 Å². The summed E-state index contributed by atoms with van der Waals surface area (Å²) < 4.78 is 28.5. The number of carboxylic acid groups (broad SMARTS) is 1. The van der Waals surface area contributed by atoms with Crippen molar-refractivity contribution in [3.63, 3.8) is 0 Å². The van der Waals surface area contributed by atoms with Gasteiger partial charge in [0.2, 0.25) is 0 Å². The van der Waals surface area contributed by atoms with Crippen LogP contribution >= 0.6 is 0 Å². The van der Waals surface area contributed by atoms with Crippen LogP contribution in [0.25, 0.3) is 0 Å². The number of benzene rings is 1.